The summed E-state index contributed by atoms with van der Waals surface area (Å²) in [6.45, 7) is 0.696. The number of carbonyl (C=O) groups is 1. The molecule has 5 nitrogen and oxygen atoms in total. The maximum atomic E-state index is 13.0. The van der Waals surface area contributed by atoms with Gasteiger partial charge in [-0.1, -0.05) is 32.1 Å². The summed E-state index contributed by atoms with van der Waals surface area (Å²) >= 11 is 0. The summed E-state index contributed by atoms with van der Waals surface area (Å²) in [4.78, 5) is 25.2. The first-order chi connectivity index (χ1) is 11.7. The number of nitrogens with one attached hydrogen (secondary N) is 1. The van der Waals surface area contributed by atoms with Crippen molar-refractivity contribution in [3.05, 3.63) is 27.7 Å². The van der Waals surface area contributed by atoms with Gasteiger partial charge in [-0.2, -0.15) is 0 Å². The summed E-state index contributed by atoms with van der Waals surface area (Å²) in [5.41, 5.74) is 1.34. The molecule has 1 amide bonds. The number of ether oxygens (including phenoxy) is 1. The minimum absolute atomic E-state index is 0.0657. The van der Waals surface area contributed by atoms with Gasteiger partial charge < -0.3 is 14.6 Å². The number of carbonyl (C=O) groups excluding carboxylic acids is 1. The van der Waals surface area contributed by atoms with E-state index in [0.29, 0.717) is 17.9 Å². The minimum atomic E-state index is -0.0805. The maximum absolute atomic E-state index is 13.0. The van der Waals surface area contributed by atoms with Crippen molar-refractivity contribution in [2.24, 2.45) is 0 Å². The molecular formula is C19H28N2O3. The molecule has 0 aromatic carbocycles. The standard InChI is InChI=1S/C19H28N2O3/c1-24-16-13-17(22)21-12-8-7-11-15(21)18(16)19(23)20-14-9-5-3-2-4-6-10-14/h13-14H,2-12H2,1H3,(H,20,23). The summed E-state index contributed by atoms with van der Waals surface area (Å²) in [6.07, 6.45) is 11.0. The zero-order chi connectivity index (χ0) is 16.9. The van der Waals surface area contributed by atoms with Crippen LogP contribution in [0.4, 0.5) is 0 Å². The van der Waals surface area contributed by atoms with Crippen molar-refractivity contribution < 1.29 is 9.53 Å². The summed E-state index contributed by atoms with van der Waals surface area (Å²) in [5, 5.41) is 3.21. The molecule has 1 fully saturated rings. The number of amides is 1. The third-order valence-corrected chi connectivity index (χ3v) is 5.31. The van der Waals surface area contributed by atoms with Crippen LogP contribution >= 0.6 is 0 Å². The van der Waals surface area contributed by atoms with E-state index in [-0.39, 0.29) is 17.5 Å². The van der Waals surface area contributed by atoms with E-state index in [9.17, 15) is 9.59 Å². The molecule has 0 radical (unpaired) electrons. The number of pyridine rings is 1. The molecule has 1 N–H and O–H groups in total. The predicted octanol–water partition coefficient (Wildman–Crippen LogP) is 3.04. The Hall–Kier alpha value is -1.78. The Kier molecular flexibility index (Phi) is 5.59. The van der Waals surface area contributed by atoms with E-state index in [0.717, 1.165) is 37.8 Å². The van der Waals surface area contributed by atoms with Crippen LogP contribution in [-0.2, 0) is 13.0 Å². The monoisotopic (exact) mass is 332 g/mol. The van der Waals surface area contributed by atoms with Gasteiger partial charge in [-0.25, -0.2) is 0 Å². The Morgan fingerprint density at radius 3 is 2.54 bits per heavy atom. The van der Waals surface area contributed by atoms with Gasteiger partial charge in [-0.3, -0.25) is 9.59 Å². The van der Waals surface area contributed by atoms with Crippen molar-refractivity contribution in [2.75, 3.05) is 7.11 Å². The second-order valence-corrected chi connectivity index (χ2v) is 7.00. The lowest BCUT2D eigenvalue weighted by molar-refractivity contribution is 0.0924. The zero-order valence-electron chi connectivity index (χ0n) is 14.6. The first kappa shape index (κ1) is 17.1. The maximum Gasteiger partial charge on any atom is 0.257 e. The molecule has 0 spiro atoms. The molecule has 0 atom stereocenters. The Balaban J connectivity index is 1.86. The fraction of sp³-hybridized carbons (Fsp3) is 0.684. The van der Waals surface area contributed by atoms with Crippen molar-refractivity contribution in [2.45, 2.75) is 76.8 Å². The van der Waals surface area contributed by atoms with E-state index < -0.39 is 0 Å². The SMILES string of the molecule is COc1cc(=O)n2c(c1C(=O)NC1CCCCCCC1)CCCC2. The van der Waals surface area contributed by atoms with E-state index in [1.165, 1.54) is 45.3 Å². The van der Waals surface area contributed by atoms with Gasteiger partial charge in [0.05, 0.1) is 7.11 Å². The van der Waals surface area contributed by atoms with E-state index in [1.54, 1.807) is 4.57 Å². The number of rotatable bonds is 3. The molecule has 1 aliphatic carbocycles. The zero-order valence-corrected chi connectivity index (χ0v) is 14.6. The quantitative estimate of drug-likeness (QED) is 0.925. The highest BCUT2D eigenvalue weighted by molar-refractivity contribution is 5.98. The highest BCUT2D eigenvalue weighted by atomic mass is 16.5. The molecule has 2 aliphatic rings. The molecule has 0 bridgehead atoms. The molecule has 1 aromatic heterocycles. The van der Waals surface area contributed by atoms with Gasteiger partial charge in [0.1, 0.15) is 11.3 Å². The summed E-state index contributed by atoms with van der Waals surface area (Å²) < 4.78 is 7.12. The molecule has 1 aliphatic heterocycles. The smallest absolute Gasteiger partial charge is 0.257 e. The van der Waals surface area contributed by atoms with Crippen LogP contribution in [0.15, 0.2) is 10.9 Å². The van der Waals surface area contributed by atoms with Gasteiger partial charge in [0.25, 0.3) is 11.5 Å². The van der Waals surface area contributed by atoms with Gasteiger partial charge in [0.15, 0.2) is 0 Å². The first-order valence-electron chi connectivity index (χ1n) is 9.32. The molecule has 132 valence electrons. The fourth-order valence-corrected chi connectivity index (χ4v) is 4.00. The average molecular weight is 332 g/mol. The van der Waals surface area contributed by atoms with E-state index >= 15 is 0 Å². The minimum Gasteiger partial charge on any atom is -0.496 e. The van der Waals surface area contributed by atoms with Crippen LogP contribution in [-0.4, -0.2) is 23.6 Å². The lowest BCUT2D eigenvalue weighted by Crippen LogP contribution is -2.38. The van der Waals surface area contributed by atoms with Crippen molar-refractivity contribution in [1.29, 1.82) is 0 Å². The summed E-state index contributed by atoms with van der Waals surface area (Å²) in [6, 6.07) is 1.70. The number of fused-ring (bicyclic) bond motifs is 1. The van der Waals surface area contributed by atoms with Gasteiger partial charge in [0.2, 0.25) is 0 Å². The van der Waals surface area contributed by atoms with Crippen LogP contribution in [0.1, 0.15) is 73.8 Å². The molecule has 5 heteroatoms. The van der Waals surface area contributed by atoms with Crippen molar-refractivity contribution in [3.8, 4) is 5.75 Å². The lowest BCUT2D eigenvalue weighted by Gasteiger charge is -2.25. The Morgan fingerprint density at radius 2 is 1.83 bits per heavy atom. The van der Waals surface area contributed by atoms with E-state index in [1.807, 2.05) is 0 Å². The van der Waals surface area contributed by atoms with Crippen LogP contribution in [0.25, 0.3) is 0 Å². The second-order valence-electron chi connectivity index (χ2n) is 7.00. The fourth-order valence-electron chi connectivity index (χ4n) is 4.00. The largest absolute Gasteiger partial charge is 0.496 e. The molecule has 0 unspecified atom stereocenters. The Bertz CT molecular complexity index is 643. The van der Waals surface area contributed by atoms with Gasteiger partial charge in [-0.05, 0) is 32.1 Å². The molecule has 1 saturated carbocycles. The van der Waals surface area contributed by atoms with Crippen LogP contribution in [0.5, 0.6) is 5.75 Å². The van der Waals surface area contributed by atoms with E-state index in [2.05, 4.69) is 5.32 Å². The summed E-state index contributed by atoms with van der Waals surface area (Å²) in [5.74, 6) is 0.333. The molecular weight excluding hydrogens is 304 g/mol. The van der Waals surface area contributed by atoms with Crippen LogP contribution in [0, 0.1) is 0 Å². The van der Waals surface area contributed by atoms with Crippen LogP contribution in [0.2, 0.25) is 0 Å². The molecule has 0 saturated heterocycles. The normalized spacial score (nSPS) is 19.0. The molecule has 2 heterocycles. The topological polar surface area (TPSA) is 60.3 Å². The Morgan fingerprint density at radius 1 is 1.12 bits per heavy atom. The van der Waals surface area contributed by atoms with Gasteiger partial charge in [-0.15, -0.1) is 0 Å². The Labute approximate surface area is 143 Å². The van der Waals surface area contributed by atoms with Crippen molar-refractivity contribution >= 4 is 5.91 Å². The van der Waals surface area contributed by atoms with Crippen molar-refractivity contribution in [1.82, 2.24) is 9.88 Å². The highest BCUT2D eigenvalue weighted by Gasteiger charge is 2.25. The number of aromatic nitrogens is 1. The molecule has 1 aromatic rings. The van der Waals surface area contributed by atoms with Gasteiger partial charge in [0, 0.05) is 24.3 Å². The first-order valence-corrected chi connectivity index (χ1v) is 9.32. The number of methoxy groups -OCH3 is 1. The number of hydrogen-bond acceptors (Lipinski definition) is 3. The van der Waals surface area contributed by atoms with E-state index in [4.69, 9.17) is 4.74 Å². The average Bonchev–Trinajstić information content (AvgIpc) is 2.57. The lowest BCUT2D eigenvalue weighted by atomic mass is 9.96. The van der Waals surface area contributed by atoms with Crippen LogP contribution < -0.4 is 15.6 Å². The third-order valence-electron chi connectivity index (χ3n) is 5.31. The highest BCUT2D eigenvalue weighted by Crippen LogP contribution is 2.26. The predicted molar refractivity (Wildman–Crippen MR) is 93.8 cm³/mol. The van der Waals surface area contributed by atoms with Gasteiger partial charge >= 0.3 is 0 Å². The number of hydrogen-bond donors (Lipinski definition) is 1. The molecule has 3 rings (SSSR count). The molecule has 24 heavy (non-hydrogen) atoms. The van der Waals surface area contributed by atoms with Crippen molar-refractivity contribution in [3.63, 3.8) is 0 Å². The third kappa shape index (κ3) is 3.65. The summed E-state index contributed by atoms with van der Waals surface area (Å²) in [7, 11) is 1.53. The second kappa shape index (κ2) is 7.86. The number of nitrogens with zero attached hydrogens (tertiary/aromatic N) is 1. The van der Waals surface area contributed by atoms with Crippen LogP contribution in [0.3, 0.4) is 0 Å².